The van der Waals surface area contributed by atoms with Crippen molar-refractivity contribution < 1.29 is 19.1 Å². The zero-order valence-corrected chi connectivity index (χ0v) is 22.1. The molecule has 2 N–H and O–H groups in total. The van der Waals surface area contributed by atoms with E-state index in [0.717, 1.165) is 36.6 Å². The van der Waals surface area contributed by atoms with Gasteiger partial charge in [-0.05, 0) is 60.5 Å². The molecule has 1 aliphatic rings. The average Bonchev–Trinajstić information content (AvgIpc) is 3.45. The van der Waals surface area contributed by atoms with E-state index in [4.69, 9.17) is 9.47 Å². The molecule has 9 heteroatoms. The third-order valence-corrected chi connectivity index (χ3v) is 7.05. The van der Waals surface area contributed by atoms with Crippen molar-refractivity contribution in [2.24, 2.45) is 0 Å². The van der Waals surface area contributed by atoms with Crippen LogP contribution in [-0.4, -0.2) is 64.2 Å². The Morgan fingerprint density at radius 2 is 1.70 bits per heavy atom. The first-order chi connectivity index (χ1) is 18.0. The SMILES string of the molecule is COc1ccc(C(=O)N/C(=C\c2cccs2)C(=O)NCc2ccc(N3CCN(C)CC3)cc2)cc1OC. The summed E-state index contributed by atoms with van der Waals surface area (Å²) in [4.78, 5) is 31.7. The maximum absolute atomic E-state index is 13.1. The Bertz CT molecular complexity index is 1230. The number of ether oxygens (including phenoxy) is 2. The minimum atomic E-state index is -0.421. The minimum absolute atomic E-state index is 0.163. The number of hydrogen-bond acceptors (Lipinski definition) is 7. The molecule has 1 aliphatic heterocycles. The van der Waals surface area contributed by atoms with Crippen molar-refractivity contribution in [1.29, 1.82) is 0 Å². The highest BCUT2D eigenvalue weighted by Crippen LogP contribution is 2.27. The molecule has 8 nitrogen and oxygen atoms in total. The summed E-state index contributed by atoms with van der Waals surface area (Å²) in [7, 11) is 5.18. The molecule has 1 saturated heterocycles. The Kier molecular flexibility index (Phi) is 8.81. The van der Waals surface area contributed by atoms with Gasteiger partial charge in [-0.3, -0.25) is 9.59 Å². The molecule has 0 unspecified atom stereocenters. The number of carbonyl (C=O) groups is 2. The van der Waals surface area contributed by atoms with Gasteiger partial charge in [-0.2, -0.15) is 0 Å². The van der Waals surface area contributed by atoms with E-state index in [9.17, 15) is 9.59 Å². The largest absolute Gasteiger partial charge is 0.493 e. The van der Waals surface area contributed by atoms with Crippen LogP contribution in [0.3, 0.4) is 0 Å². The summed E-state index contributed by atoms with van der Waals surface area (Å²) in [6.45, 7) is 4.45. The van der Waals surface area contributed by atoms with Gasteiger partial charge in [0.25, 0.3) is 11.8 Å². The zero-order chi connectivity index (χ0) is 26.2. The van der Waals surface area contributed by atoms with Crippen molar-refractivity contribution in [1.82, 2.24) is 15.5 Å². The standard InChI is InChI=1S/C28H32N4O4S/c1-31-12-14-32(15-13-31)22-9-6-20(7-10-22)19-29-28(34)24(18-23-5-4-16-37-23)30-27(33)21-8-11-25(35-2)26(17-21)36-3/h4-11,16-18H,12-15,19H2,1-3H3,(H,29,34)(H,30,33)/b24-18-. The summed E-state index contributed by atoms with van der Waals surface area (Å²) in [5, 5.41) is 7.61. The van der Waals surface area contributed by atoms with Crippen molar-refractivity contribution in [3.63, 3.8) is 0 Å². The molecule has 0 atom stereocenters. The second kappa shape index (κ2) is 12.4. The molecule has 3 aromatic rings. The molecule has 1 fully saturated rings. The first kappa shape index (κ1) is 26.2. The molecule has 4 rings (SSSR count). The molecule has 2 heterocycles. The van der Waals surface area contributed by atoms with Gasteiger partial charge in [0.15, 0.2) is 11.5 Å². The highest BCUT2D eigenvalue weighted by molar-refractivity contribution is 7.10. The Morgan fingerprint density at radius 1 is 0.973 bits per heavy atom. The Morgan fingerprint density at radius 3 is 2.35 bits per heavy atom. The fraction of sp³-hybridized carbons (Fsp3) is 0.286. The van der Waals surface area contributed by atoms with Crippen LogP contribution in [0.1, 0.15) is 20.8 Å². The third-order valence-electron chi connectivity index (χ3n) is 6.23. The van der Waals surface area contributed by atoms with Gasteiger partial charge in [0.2, 0.25) is 0 Å². The summed E-state index contributed by atoms with van der Waals surface area (Å²) in [6.07, 6.45) is 1.68. The van der Waals surface area contributed by atoms with E-state index in [1.54, 1.807) is 24.3 Å². The monoisotopic (exact) mass is 520 g/mol. The average molecular weight is 521 g/mol. The fourth-order valence-corrected chi connectivity index (χ4v) is 4.67. The Balaban J connectivity index is 1.43. The smallest absolute Gasteiger partial charge is 0.268 e. The number of likely N-dealkylation sites (N-methyl/N-ethyl adjacent to an activating group) is 1. The minimum Gasteiger partial charge on any atom is -0.493 e. The van der Waals surface area contributed by atoms with Crippen molar-refractivity contribution in [2.75, 3.05) is 52.3 Å². The summed E-state index contributed by atoms with van der Waals surface area (Å²) in [5.74, 6) is 0.161. The van der Waals surface area contributed by atoms with Crippen LogP contribution < -0.4 is 25.0 Å². The molecular weight excluding hydrogens is 488 g/mol. The summed E-state index contributed by atoms with van der Waals surface area (Å²) >= 11 is 1.48. The van der Waals surface area contributed by atoms with E-state index in [0.29, 0.717) is 23.6 Å². The molecule has 0 bridgehead atoms. The van der Waals surface area contributed by atoms with E-state index < -0.39 is 5.91 Å². The van der Waals surface area contributed by atoms with Gasteiger partial charge in [-0.1, -0.05) is 18.2 Å². The second-order valence-electron chi connectivity index (χ2n) is 8.74. The maximum Gasteiger partial charge on any atom is 0.268 e. The van der Waals surface area contributed by atoms with Gasteiger partial charge in [-0.25, -0.2) is 0 Å². The molecule has 0 aliphatic carbocycles. The van der Waals surface area contributed by atoms with E-state index in [1.807, 2.05) is 29.6 Å². The molecule has 0 radical (unpaired) electrons. The van der Waals surface area contributed by atoms with Crippen molar-refractivity contribution in [2.45, 2.75) is 6.54 Å². The first-order valence-electron chi connectivity index (χ1n) is 12.1. The number of nitrogens with one attached hydrogen (secondary N) is 2. The molecule has 194 valence electrons. The van der Waals surface area contributed by atoms with Crippen LogP contribution >= 0.6 is 11.3 Å². The third kappa shape index (κ3) is 6.90. The van der Waals surface area contributed by atoms with Gasteiger partial charge < -0.3 is 29.9 Å². The van der Waals surface area contributed by atoms with Crippen LogP contribution in [-0.2, 0) is 11.3 Å². The summed E-state index contributed by atoms with van der Waals surface area (Å²) < 4.78 is 10.5. The highest BCUT2D eigenvalue weighted by Gasteiger charge is 2.17. The van der Waals surface area contributed by atoms with Crippen LogP contribution in [0.15, 0.2) is 65.7 Å². The lowest BCUT2D eigenvalue weighted by Crippen LogP contribution is -2.44. The summed E-state index contributed by atoms with van der Waals surface area (Å²) in [6, 6.07) is 16.9. The van der Waals surface area contributed by atoms with Gasteiger partial charge in [-0.15, -0.1) is 11.3 Å². The fourth-order valence-electron chi connectivity index (χ4n) is 4.01. The van der Waals surface area contributed by atoms with E-state index in [2.05, 4.69) is 39.6 Å². The molecule has 2 amide bonds. The van der Waals surface area contributed by atoms with Crippen molar-refractivity contribution >= 4 is 34.9 Å². The molecule has 2 aromatic carbocycles. The predicted octanol–water partition coefficient (Wildman–Crippen LogP) is 3.60. The Labute approximate surface area is 221 Å². The number of amides is 2. The lowest BCUT2D eigenvalue weighted by atomic mass is 10.1. The lowest BCUT2D eigenvalue weighted by Gasteiger charge is -2.34. The number of benzene rings is 2. The number of rotatable bonds is 9. The zero-order valence-electron chi connectivity index (χ0n) is 21.3. The first-order valence-corrected chi connectivity index (χ1v) is 12.9. The lowest BCUT2D eigenvalue weighted by molar-refractivity contribution is -0.117. The predicted molar refractivity (Wildman–Crippen MR) is 147 cm³/mol. The van der Waals surface area contributed by atoms with Crippen molar-refractivity contribution in [3.05, 3.63) is 81.7 Å². The molecule has 0 spiro atoms. The van der Waals surface area contributed by atoms with E-state index in [1.165, 1.54) is 31.2 Å². The van der Waals surface area contributed by atoms with Crippen LogP contribution in [0.2, 0.25) is 0 Å². The Hall–Kier alpha value is -3.82. The number of nitrogens with zero attached hydrogens (tertiary/aromatic N) is 2. The number of thiophene rings is 1. The second-order valence-corrected chi connectivity index (χ2v) is 9.72. The summed E-state index contributed by atoms with van der Waals surface area (Å²) in [5.41, 5.74) is 2.68. The van der Waals surface area contributed by atoms with Crippen LogP contribution in [0.5, 0.6) is 11.5 Å². The molecule has 37 heavy (non-hydrogen) atoms. The normalized spacial score (nSPS) is 14.2. The van der Waals surface area contributed by atoms with Crippen molar-refractivity contribution in [3.8, 4) is 11.5 Å². The maximum atomic E-state index is 13.1. The molecule has 0 saturated carbocycles. The molecular formula is C28H32N4O4S. The van der Waals surface area contributed by atoms with E-state index >= 15 is 0 Å². The van der Waals surface area contributed by atoms with Gasteiger partial charge in [0, 0.05) is 48.9 Å². The number of hydrogen-bond donors (Lipinski definition) is 2. The van der Waals surface area contributed by atoms with Gasteiger partial charge in [0.1, 0.15) is 5.70 Å². The van der Waals surface area contributed by atoms with Gasteiger partial charge >= 0.3 is 0 Å². The highest BCUT2D eigenvalue weighted by atomic mass is 32.1. The number of methoxy groups -OCH3 is 2. The topological polar surface area (TPSA) is 83.1 Å². The number of carbonyl (C=O) groups excluding carboxylic acids is 2. The van der Waals surface area contributed by atoms with Gasteiger partial charge in [0.05, 0.1) is 14.2 Å². The quantitative estimate of drug-likeness (QED) is 0.420. The number of piperazine rings is 1. The van der Waals surface area contributed by atoms with Crippen LogP contribution in [0.25, 0.3) is 6.08 Å². The molecule has 1 aromatic heterocycles. The van der Waals surface area contributed by atoms with E-state index in [-0.39, 0.29) is 11.6 Å². The van der Waals surface area contributed by atoms with Crippen LogP contribution in [0.4, 0.5) is 5.69 Å². The number of anilines is 1. The van der Waals surface area contributed by atoms with Crippen LogP contribution in [0, 0.1) is 0 Å².